The Kier molecular flexibility index (Phi) is 2.75. The summed E-state index contributed by atoms with van der Waals surface area (Å²) < 4.78 is 0. The van der Waals surface area contributed by atoms with Gasteiger partial charge in [-0.2, -0.15) is 0 Å². The minimum Gasteiger partial charge on any atom is -0.0880 e. The number of fused-ring (bicyclic) bond motifs is 1. The Labute approximate surface area is 90.4 Å². The van der Waals surface area contributed by atoms with Crippen molar-refractivity contribution >= 4 is 31.9 Å². The molecule has 0 fully saturated rings. The van der Waals surface area contributed by atoms with Gasteiger partial charge in [-0.1, -0.05) is 55.2 Å². The van der Waals surface area contributed by atoms with Crippen LogP contribution in [0.1, 0.15) is 12.8 Å². The lowest BCUT2D eigenvalue weighted by Crippen LogP contribution is -2.23. The normalized spacial score (nSPS) is 33.2. The molecule has 2 heteroatoms. The van der Waals surface area contributed by atoms with Crippen LogP contribution < -0.4 is 0 Å². The molecule has 0 nitrogen and oxygen atoms in total. The molecule has 2 atom stereocenters. The van der Waals surface area contributed by atoms with Gasteiger partial charge in [-0.05, 0) is 24.7 Å². The van der Waals surface area contributed by atoms with Crippen LogP contribution in [0.4, 0.5) is 0 Å². The first-order valence-electron chi connectivity index (χ1n) is 4.39. The summed E-state index contributed by atoms with van der Waals surface area (Å²) in [6, 6.07) is 0. The molecular weight excluding hydrogens is 280 g/mol. The van der Waals surface area contributed by atoms with Gasteiger partial charge in [0, 0.05) is 10.7 Å². The van der Waals surface area contributed by atoms with Gasteiger partial charge in [-0.25, -0.2) is 0 Å². The van der Waals surface area contributed by atoms with Crippen LogP contribution in [0.5, 0.6) is 0 Å². The van der Waals surface area contributed by atoms with E-state index in [0.29, 0.717) is 0 Å². The summed E-state index contributed by atoms with van der Waals surface area (Å²) in [4.78, 5) is 0. The van der Waals surface area contributed by atoms with Crippen LogP contribution >= 0.6 is 31.9 Å². The molecule has 0 saturated carbocycles. The van der Waals surface area contributed by atoms with Crippen LogP contribution in [0.15, 0.2) is 23.3 Å². The molecule has 0 saturated heterocycles. The second-order valence-corrected chi connectivity index (χ2v) is 4.61. The zero-order valence-corrected chi connectivity index (χ0v) is 10.1. The van der Waals surface area contributed by atoms with Gasteiger partial charge < -0.3 is 0 Å². The van der Waals surface area contributed by atoms with Crippen LogP contribution in [-0.2, 0) is 0 Å². The van der Waals surface area contributed by atoms with Gasteiger partial charge in [-0.15, -0.1) is 0 Å². The smallest absolute Gasteiger partial charge is 0.0250 e. The van der Waals surface area contributed by atoms with Gasteiger partial charge in [0.25, 0.3) is 0 Å². The van der Waals surface area contributed by atoms with Crippen molar-refractivity contribution in [2.24, 2.45) is 11.8 Å². The lowest BCUT2D eigenvalue weighted by molar-refractivity contribution is 0.485. The van der Waals surface area contributed by atoms with Crippen LogP contribution in [0.25, 0.3) is 0 Å². The second kappa shape index (κ2) is 3.67. The summed E-state index contributed by atoms with van der Waals surface area (Å²) in [6.45, 7) is 0. The van der Waals surface area contributed by atoms with Gasteiger partial charge in [0.15, 0.2) is 0 Å². The van der Waals surface area contributed by atoms with E-state index < -0.39 is 0 Å². The molecule has 12 heavy (non-hydrogen) atoms. The van der Waals surface area contributed by atoms with E-state index in [1.165, 1.54) is 12.8 Å². The highest BCUT2D eigenvalue weighted by Gasteiger charge is 2.29. The number of rotatable bonds is 2. The minimum atomic E-state index is 0.738. The molecule has 3 aliphatic rings. The van der Waals surface area contributed by atoms with Crippen molar-refractivity contribution in [3.63, 3.8) is 0 Å². The van der Waals surface area contributed by atoms with Crippen molar-refractivity contribution in [1.29, 1.82) is 0 Å². The van der Waals surface area contributed by atoms with Crippen molar-refractivity contribution in [2.45, 2.75) is 12.8 Å². The quantitative estimate of drug-likeness (QED) is 0.538. The molecule has 0 heterocycles. The monoisotopic (exact) mass is 290 g/mol. The first-order chi connectivity index (χ1) is 5.86. The van der Waals surface area contributed by atoms with E-state index in [-0.39, 0.29) is 0 Å². The molecule has 3 aliphatic carbocycles. The molecule has 0 amide bonds. The average molecular weight is 292 g/mol. The Morgan fingerprint density at radius 1 is 1.00 bits per heavy atom. The summed E-state index contributed by atoms with van der Waals surface area (Å²) in [5.41, 5.74) is 3.26. The number of alkyl halides is 2. The van der Waals surface area contributed by atoms with E-state index in [2.05, 4.69) is 44.0 Å². The van der Waals surface area contributed by atoms with Crippen LogP contribution in [-0.4, -0.2) is 10.7 Å². The average Bonchev–Trinajstić information content (AvgIpc) is 2.18. The van der Waals surface area contributed by atoms with Crippen molar-refractivity contribution < 1.29 is 0 Å². The number of halogens is 2. The standard InChI is InChI=1S/C10H12Br2/c11-5-9-7-1-2-8(4-3-7)10(9)6-12/h1-2,7-8H,3-6H2/t7-,8+. The number of allylic oxidation sites excluding steroid dienone is 4. The van der Waals surface area contributed by atoms with Crippen molar-refractivity contribution in [1.82, 2.24) is 0 Å². The molecule has 0 aromatic carbocycles. The SMILES string of the molecule is BrCC1=C(CBr)[C@H]2C=C[C@@H]1CC2. The number of hydrogen-bond donors (Lipinski definition) is 0. The second-order valence-electron chi connectivity index (χ2n) is 3.49. The molecule has 0 N–H and O–H groups in total. The minimum absolute atomic E-state index is 0.738. The Hall–Kier alpha value is 0.440. The molecule has 0 aliphatic heterocycles. The lowest BCUT2D eigenvalue weighted by atomic mass is 9.73. The third-order valence-corrected chi connectivity index (χ3v) is 4.17. The van der Waals surface area contributed by atoms with Gasteiger partial charge >= 0.3 is 0 Å². The Bertz CT molecular complexity index is 216. The third-order valence-electron chi connectivity index (χ3n) is 2.96. The fourth-order valence-corrected chi connectivity index (χ4v) is 3.80. The molecule has 3 rings (SSSR count). The summed E-state index contributed by atoms with van der Waals surface area (Å²) in [6.07, 6.45) is 7.49. The van der Waals surface area contributed by atoms with E-state index in [9.17, 15) is 0 Å². The molecule has 0 aromatic rings. The van der Waals surface area contributed by atoms with Crippen LogP contribution in [0.3, 0.4) is 0 Å². The molecule has 66 valence electrons. The first kappa shape index (κ1) is 9.01. The molecule has 0 radical (unpaired) electrons. The maximum absolute atomic E-state index is 3.58. The number of hydrogen-bond acceptors (Lipinski definition) is 0. The topological polar surface area (TPSA) is 0 Å². The zero-order valence-electron chi connectivity index (χ0n) is 6.89. The maximum Gasteiger partial charge on any atom is 0.0250 e. The molecule has 2 bridgehead atoms. The maximum atomic E-state index is 3.58. The highest BCUT2D eigenvalue weighted by Crippen LogP contribution is 2.41. The third kappa shape index (κ3) is 1.33. The van der Waals surface area contributed by atoms with Crippen LogP contribution in [0.2, 0.25) is 0 Å². The Balaban J connectivity index is 2.34. The van der Waals surface area contributed by atoms with Gasteiger partial charge in [-0.3, -0.25) is 0 Å². The van der Waals surface area contributed by atoms with E-state index in [1.807, 2.05) is 0 Å². The van der Waals surface area contributed by atoms with Gasteiger partial charge in [0.05, 0.1) is 0 Å². The molecule has 0 unspecified atom stereocenters. The van der Waals surface area contributed by atoms with Crippen LogP contribution in [0, 0.1) is 11.8 Å². The van der Waals surface area contributed by atoms with E-state index >= 15 is 0 Å². The van der Waals surface area contributed by atoms with E-state index in [1.54, 1.807) is 11.1 Å². The highest BCUT2D eigenvalue weighted by molar-refractivity contribution is 9.09. The summed E-state index contributed by atoms with van der Waals surface area (Å²) in [7, 11) is 0. The Morgan fingerprint density at radius 3 is 1.67 bits per heavy atom. The fraction of sp³-hybridized carbons (Fsp3) is 0.600. The molecular formula is C10H12Br2. The van der Waals surface area contributed by atoms with Gasteiger partial charge in [0.2, 0.25) is 0 Å². The summed E-state index contributed by atoms with van der Waals surface area (Å²) in [5, 5.41) is 2.11. The summed E-state index contributed by atoms with van der Waals surface area (Å²) >= 11 is 7.16. The predicted octanol–water partition coefficient (Wildman–Crippen LogP) is 3.67. The molecule has 0 spiro atoms. The van der Waals surface area contributed by atoms with Crippen molar-refractivity contribution in [3.05, 3.63) is 23.3 Å². The first-order valence-corrected chi connectivity index (χ1v) is 6.63. The zero-order chi connectivity index (χ0) is 8.55. The predicted molar refractivity (Wildman–Crippen MR) is 60.0 cm³/mol. The molecule has 0 aromatic heterocycles. The largest absolute Gasteiger partial charge is 0.0880 e. The van der Waals surface area contributed by atoms with E-state index in [0.717, 1.165) is 22.5 Å². The highest BCUT2D eigenvalue weighted by atomic mass is 79.9. The van der Waals surface area contributed by atoms with Crippen molar-refractivity contribution in [3.8, 4) is 0 Å². The lowest BCUT2D eigenvalue weighted by Gasteiger charge is -2.34. The van der Waals surface area contributed by atoms with Gasteiger partial charge in [0.1, 0.15) is 0 Å². The van der Waals surface area contributed by atoms with E-state index in [4.69, 9.17) is 0 Å². The van der Waals surface area contributed by atoms with Crippen molar-refractivity contribution in [2.75, 3.05) is 10.7 Å². The Morgan fingerprint density at radius 2 is 1.42 bits per heavy atom. The summed E-state index contributed by atoms with van der Waals surface area (Å²) in [5.74, 6) is 1.48. The fourth-order valence-electron chi connectivity index (χ4n) is 2.25.